The predicted octanol–water partition coefficient (Wildman–Crippen LogP) is -3.15. The zero-order chi connectivity index (χ0) is 4.50. The topological polar surface area (TPSA) is 80.9 Å². The normalized spacial score (nSPS) is 7.50. The summed E-state index contributed by atoms with van der Waals surface area (Å²) in [5, 5.41) is 0. The number of hydrogen-bond acceptors (Lipinski definition) is 4. The van der Waals surface area contributed by atoms with Crippen molar-refractivity contribution in [1.82, 2.24) is 0 Å². The molecule has 44 valence electrons. The molecule has 4 nitrogen and oxygen atoms in total. The van der Waals surface area contributed by atoms with Crippen LogP contribution in [-0.4, -0.2) is 63.6 Å². The Morgan fingerprint density at radius 1 is 0.875 bits per heavy atom. The number of hydrogen-bond donors (Lipinski definition) is 4. The van der Waals surface area contributed by atoms with Crippen molar-refractivity contribution in [2.24, 2.45) is 0 Å². The maximum absolute atomic E-state index is 7.38. The van der Waals surface area contributed by atoms with E-state index in [1.807, 2.05) is 0 Å². The zero-order valence-electron chi connectivity index (χ0n) is 3.31. The van der Waals surface area contributed by atoms with E-state index in [1.165, 1.54) is 0 Å². The van der Waals surface area contributed by atoms with Crippen molar-refractivity contribution < 1.29 is 90.9 Å². The van der Waals surface area contributed by atoms with Crippen LogP contribution in [0.5, 0.6) is 0 Å². The Bertz CT molecular complexity index is 31.5. The zero-order valence-corrected chi connectivity index (χ0v) is 10.7. The molecule has 0 atom stereocenters. The van der Waals surface area contributed by atoms with Crippen LogP contribution >= 0.6 is 0 Å². The van der Waals surface area contributed by atoms with Crippen LogP contribution in [0.4, 0.5) is 0 Å². The predicted molar refractivity (Wildman–Crippen MR) is 17.4 cm³/mol. The molecular formula is H6BaLaNbO4Ti. The van der Waals surface area contributed by atoms with Gasteiger partial charge in [-0.25, -0.2) is 0 Å². The standard InChI is InChI=1S/Ba.La.Nb.4H2O.Ti.2H/h;;;4*1H2;;;/q;;;;;;;+4;;/p-4. The van der Waals surface area contributed by atoms with Crippen LogP contribution in [0.3, 0.4) is 0 Å². The van der Waals surface area contributed by atoms with Crippen molar-refractivity contribution in [2.75, 3.05) is 0 Å². The van der Waals surface area contributed by atoms with Crippen LogP contribution in [0, 0.1) is 35.6 Å². The fourth-order valence-electron chi connectivity index (χ4n) is 0. The second-order valence-corrected chi connectivity index (χ2v) is 2.47. The van der Waals surface area contributed by atoms with E-state index >= 15 is 0 Å². The summed E-state index contributed by atoms with van der Waals surface area (Å²) in [5.41, 5.74) is 0. The minimum atomic E-state index is -5.00. The summed E-state index contributed by atoms with van der Waals surface area (Å²) in [6.07, 6.45) is 0. The van der Waals surface area contributed by atoms with Crippen molar-refractivity contribution in [3.8, 4) is 0 Å². The van der Waals surface area contributed by atoms with E-state index in [9.17, 15) is 0 Å². The molecule has 2 radical (unpaired) electrons. The molecule has 0 bridgehead atoms. The Kier molecular flexibility index (Phi) is 31.4. The van der Waals surface area contributed by atoms with E-state index in [0.717, 1.165) is 0 Å². The third-order valence-electron chi connectivity index (χ3n) is 0. The molecule has 0 aliphatic carbocycles. The van der Waals surface area contributed by atoms with E-state index in [-0.39, 0.29) is 107 Å². The van der Waals surface area contributed by atoms with Gasteiger partial charge >= 0.3 is 81.8 Å². The molecule has 0 saturated carbocycles. The van der Waals surface area contributed by atoms with Crippen LogP contribution in [-0.2, 0) is 40.5 Å². The van der Waals surface area contributed by atoms with Crippen LogP contribution in [0.2, 0.25) is 0 Å². The van der Waals surface area contributed by atoms with Gasteiger partial charge in [0.25, 0.3) is 0 Å². The van der Waals surface area contributed by atoms with Gasteiger partial charge in [0.2, 0.25) is 0 Å². The molecule has 0 unspecified atom stereocenters. The molecule has 0 heterocycles. The summed E-state index contributed by atoms with van der Waals surface area (Å²) in [4.78, 5) is 0. The summed E-state index contributed by atoms with van der Waals surface area (Å²) in [6.45, 7) is 0. The number of rotatable bonds is 0. The van der Waals surface area contributed by atoms with Gasteiger partial charge in [0.15, 0.2) is 0 Å². The Balaban J connectivity index is -0.0000000267. The van der Waals surface area contributed by atoms with Crippen LogP contribution < -0.4 is 0 Å². The molecule has 0 aliphatic rings. The third-order valence-corrected chi connectivity index (χ3v) is 0. The van der Waals surface area contributed by atoms with Gasteiger partial charge in [-0.1, -0.05) is 0 Å². The molecule has 8 heteroatoms. The first-order chi connectivity index (χ1) is 2.00. The van der Waals surface area contributed by atoms with Gasteiger partial charge < -0.3 is 0 Å². The average molecular weight is 487 g/mol. The Hall–Kier alpha value is 4.06. The summed E-state index contributed by atoms with van der Waals surface area (Å²) in [7, 11) is 0. The molecular weight excluding hydrogens is 481 g/mol. The van der Waals surface area contributed by atoms with Gasteiger partial charge in [0, 0.05) is 58.0 Å². The summed E-state index contributed by atoms with van der Waals surface area (Å²) < 4.78 is 29.5. The molecule has 0 aliphatic heterocycles. The average Bonchev–Trinajstić information content (AvgIpc) is 0.722. The van der Waals surface area contributed by atoms with Crippen molar-refractivity contribution >= 4 is 48.9 Å². The van der Waals surface area contributed by atoms with E-state index in [1.54, 1.807) is 0 Å². The van der Waals surface area contributed by atoms with E-state index in [0.29, 0.717) is 0 Å². The fraction of sp³-hybridized carbons (Fsp3) is 0. The van der Waals surface area contributed by atoms with E-state index in [2.05, 4.69) is 0 Å². The van der Waals surface area contributed by atoms with Gasteiger partial charge in [0.05, 0.1) is 0 Å². The fourth-order valence-corrected chi connectivity index (χ4v) is 0. The van der Waals surface area contributed by atoms with Crippen molar-refractivity contribution in [3.63, 3.8) is 0 Å². The quantitative estimate of drug-likeness (QED) is 0.273. The molecule has 0 aromatic heterocycles. The SMILES string of the molecule is [BaH2].[La].[Nb].[OH][Ti]([OH])([OH])[OH]. The molecule has 4 N–H and O–H groups in total. The molecule has 0 aromatic rings. The van der Waals surface area contributed by atoms with Crippen LogP contribution in [0.15, 0.2) is 0 Å². The monoisotopic (exact) mass is 488 g/mol. The molecule has 0 rings (SSSR count). The van der Waals surface area contributed by atoms with Crippen molar-refractivity contribution in [2.45, 2.75) is 0 Å². The minimum absolute atomic E-state index is 0. The molecule has 0 amide bonds. The first-order valence-electron chi connectivity index (χ1n) is 0.894. The van der Waals surface area contributed by atoms with Gasteiger partial charge in [-0.15, -0.1) is 0 Å². The van der Waals surface area contributed by atoms with Gasteiger partial charge in [-0.05, 0) is 0 Å². The Morgan fingerprint density at radius 2 is 0.875 bits per heavy atom. The van der Waals surface area contributed by atoms with Gasteiger partial charge in [-0.2, -0.15) is 0 Å². The summed E-state index contributed by atoms with van der Waals surface area (Å²) in [6, 6.07) is 0. The van der Waals surface area contributed by atoms with E-state index in [4.69, 9.17) is 14.8 Å². The molecule has 0 aromatic carbocycles. The summed E-state index contributed by atoms with van der Waals surface area (Å²) in [5.74, 6) is 0. The Labute approximate surface area is 136 Å². The summed E-state index contributed by atoms with van der Waals surface area (Å²) >= 11 is -5.00. The second kappa shape index (κ2) is 11.1. The molecule has 8 heavy (non-hydrogen) atoms. The molecule has 0 fully saturated rings. The van der Waals surface area contributed by atoms with Crippen LogP contribution in [0.25, 0.3) is 0 Å². The second-order valence-electron chi connectivity index (χ2n) is 0.600. The third kappa shape index (κ3) is 50.1. The molecule has 0 spiro atoms. The first kappa shape index (κ1) is 22.7. The first-order valence-corrected chi connectivity index (χ1v) is 3.69. The maximum atomic E-state index is 7.38. The van der Waals surface area contributed by atoms with Crippen molar-refractivity contribution in [1.29, 1.82) is 0 Å². The molecule has 0 saturated heterocycles. The van der Waals surface area contributed by atoms with Gasteiger partial charge in [0.1, 0.15) is 0 Å². The van der Waals surface area contributed by atoms with Crippen molar-refractivity contribution in [3.05, 3.63) is 0 Å². The van der Waals surface area contributed by atoms with E-state index < -0.39 is 18.1 Å². The Morgan fingerprint density at radius 3 is 0.875 bits per heavy atom. The van der Waals surface area contributed by atoms with Gasteiger partial charge in [-0.3, -0.25) is 0 Å². The van der Waals surface area contributed by atoms with Crippen LogP contribution in [0.1, 0.15) is 0 Å².